The molecule has 2 rings (SSSR count). The smallest absolute Gasteiger partial charge is 0.213 e. The van der Waals surface area contributed by atoms with Crippen LogP contribution in [0, 0.1) is 12.7 Å². The Morgan fingerprint density at radius 2 is 2.22 bits per heavy atom. The number of aromatic amines is 1. The molecule has 0 aliphatic carbocycles. The predicted octanol–water partition coefficient (Wildman–Crippen LogP) is 2.68. The molecule has 6 heteroatoms. The molecule has 4 nitrogen and oxygen atoms in total. The number of hydrogen-bond donors (Lipinski definition) is 2. The van der Waals surface area contributed by atoms with Crippen LogP contribution >= 0.6 is 11.8 Å². The summed E-state index contributed by atoms with van der Waals surface area (Å²) in [7, 11) is 1.85. The van der Waals surface area contributed by atoms with Crippen LogP contribution in [0.1, 0.15) is 24.4 Å². The summed E-state index contributed by atoms with van der Waals surface area (Å²) < 4.78 is 13.9. The first-order valence-corrected chi connectivity index (χ1v) is 6.46. The van der Waals surface area contributed by atoms with E-state index in [1.807, 2.05) is 27.0 Å². The summed E-state index contributed by atoms with van der Waals surface area (Å²) in [5, 5.41) is 10.4. The van der Waals surface area contributed by atoms with Gasteiger partial charge in [-0.2, -0.15) is 0 Å². The van der Waals surface area contributed by atoms with E-state index < -0.39 is 0 Å². The van der Waals surface area contributed by atoms with Crippen molar-refractivity contribution in [2.75, 3.05) is 7.05 Å². The Hall–Kier alpha value is -1.40. The first-order valence-electron chi connectivity index (χ1n) is 5.64. The van der Waals surface area contributed by atoms with Gasteiger partial charge in [0.15, 0.2) is 0 Å². The number of hydrogen-bond acceptors (Lipinski definition) is 4. The van der Waals surface area contributed by atoms with Crippen molar-refractivity contribution >= 4 is 11.8 Å². The molecule has 0 saturated heterocycles. The summed E-state index contributed by atoms with van der Waals surface area (Å²) in [5.41, 5.74) is 0.907. The Balaban J connectivity index is 2.36. The molecule has 0 bridgehead atoms. The number of H-pyrrole nitrogens is 1. The molecule has 2 aromatic rings. The summed E-state index contributed by atoms with van der Waals surface area (Å²) in [6.45, 7) is 3.80. The van der Waals surface area contributed by atoms with Crippen molar-refractivity contribution in [1.82, 2.24) is 20.5 Å². The van der Waals surface area contributed by atoms with E-state index >= 15 is 0 Å². The molecule has 0 amide bonds. The maximum absolute atomic E-state index is 13.9. The van der Waals surface area contributed by atoms with Gasteiger partial charge < -0.3 is 5.32 Å². The van der Waals surface area contributed by atoms with Crippen LogP contribution in [0.15, 0.2) is 28.3 Å². The Labute approximate surface area is 109 Å². The lowest BCUT2D eigenvalue weighted by molar-refractivity contribution is 0.575. The van der Waals surface area contributed by atoms with Crippen LogP contribution < -0.4 is 5.32 Å². The van der Waals surface area contributed by atoms with Crippen LogP contribution in [0.3, 0.4) is 0 Å². The number of aryl methyl sites for hydroxylation is 1. The molecular weight excluding hydrogens is 251 g/mol. The predicted molar refractivity (Wildman–Crippen MR) is 69.1 cm³/mol. The minimum absolute atomic E-state index is 0.0724. The van der Waals surface area contributed by atoms with Crippen molar-refractivity contribution in [1.29, 1.82) is 0 Å². The highest BCUT2D eigenvalue weighted by atomic mass is 32.2. The van der Waals surface area contributed by atoms with Gasteiger partial charge in [0.05, 0.1) is 4.90 Å². The van der Waals surface area contributed by atoms with E-state index in [-0.39, 0.29) is 11.9 Å². The summed E-state index contributed by atoms with van der Waals surface area (Å²) in [6.07, 6.45) is 0. The number of benzene rings is 1. The third kappa shape index (κ3) is 2.70. The molecular formula is C12H15FN4S. The van der Waals surface area contributed by atoms with E-state index in [0.29, 0.717) is 10.1 Å². The zero-order valence-electron chi connectivity index (χ0n) is 10.5. The molecule has 0 saturated carbocycles. The van der Waals surface area contributed by atoms with Gasteiger partial charge >= 0.3 is 0 Å². The van der Waals surface area contributed by atoms with Gasteiger partial charge in [0.2, 0.25) is 5.16 Å². The van der Waals surface area contributed by atoms with Gasteiger partial charge in [0.25, 0.3) is 0 Å². The summed E-state index contributed by atoms with van der Waals surface area (Å²) >= 11 is 1.24. The molecule has 1 unspecified atom stereocenters. The highest BCUT2D eigenvalue weighted by Crippen LogP contribution is 2.33. The van der Waals surface area contributed by atoms with Crippen LogP contribution in [0.2, 0.25) is 0 Å². The summed E-state index contributed by atoms with van der Waals surface area (Å²) in [6, 6.07) is 5.15. The SMILES string of the molecule is CNC(C)c1cccc(F)c1Sc1n[nH]c(C)n1. The molecule has 0 aliphatic heterocycles. The maximum atomic E-state index is 13.9. The maximum Gasteiger partial charge on any atom is 0.213 e. The van der Waals surface area contributed by atoms with Crippen LogP contribution in [-0.2, 0) is 0 Å². The van der Waals surface area contributed by atoms with Crippen LogP contribution in [0.4, 0.5) is 4.39 Å². The molecule has 0 fully saturated rings. The molecule has 1 heterocycles. The van der Waals surface area contributed by atoms with Gasteiger partial charge in [-0.05, 0) is 44.3 Å². The third-order valence-electron chi connectivity index (χ3n) is 2.67. The standard InChI is InChI=1S/C12H15FN4S/c1-7(14-3)9-5-4-6-10(13)11(9)18-12-15-8(2)16-17-12/h4-7,14H,1-3H3,(H,15,16,17). The number of rotatable bonds is 4. The Bertz CT molecular complexity index is 541. The molecule has 0 spiro atoms. The number of nitrogens with one attached hydrogen (secondary N) is 2. The molecule has 1 aromatic heterocycles. The van der Waals surface area contributed by atoms with Crippen LogP contribution in [-0.4, -0.2) is 22.2 Å². The third-order valence-corrected chi connectivity index (χ3v) is 3.67. The summed E-state index contributed by atoms with van der Waals surface area (Å²) in [5.74, 6) is 0.471. The van der Waals surface area contributed by atoms with Crippen molar-refractivity contribution in [2.45, 2.75) is 29.9 Å². The van der Waals surface area contributed by atoms with Gasteiger partial charge in [-0.3, -0.25) is 5.10 Å². The van der Waals surface area contributed by atoms with E-state index in [2.05, 4.69) is 20.5 Å². The molecule has 2 N–H and O–H groups in total. The second-order valence-corrected chi connectivity index (χ2v) is 4.95. The fourth-order valence-electron chi connectivity index (χ4n) is 1.59. The van der Waals surface area contributed by atoms with Crippen molar-refractivity contribution < 1.29 is 4.39 Å². The molecule has 96 valence electrons. The van der Waals surface area contributed by atoms with Gasteiger partial charge in [-0.25, -0.2) is 9.37 Å². The minimum Gasteiger partial charge on any atom is -0.313 e. The largest absolute Gasteiger partial charge is 0.313 e. The van der Waals surface area contributed by atoms with Gasteiger partial charge in [-0.1, -0.05) is 12.1 Å². The van der Waals surface area contributed by atoms with Crippen molar-refractivity contribution in [3.63, 3.8) is 0 Å². The van der Waals surface area contributed by atoms with Crippen molar-refractivity contribution in [3.8, 4) is 0 Å². The first kappa shape index (κ1) is 13.0. The second-order valence-electron chi connectivity index (χ2n) is 3.97. The molecule has 18 heavy (non-hydrogen) atoms. The lowest BCUT2D eigenvalue weighted by atomic mass is 10.1. The fraction of sp³-hybridized carbons (Fsp3) is 0.333. The molecule has 1 aromatic carbocycles. The number of halogens is 1. The van der Waals surface area contributed by atoms with Crippen molar-refractivity contribution in [3.05, 3.63) is 35.4 Å². The number of nitrogens with zero attached hydrogens (tertiary/aromatic N) is 2. The van der Waals surface area contributed by atoms with E-state index in [1.165, 1.54) is 17.8 Å². The molecule has 0 radical (unpaired) electrons. The molecule has 1 atom stereocenters. The average Bonchev–Trinajstić information content (AvgIpc) is 2.76. The van der Waals surface area contributed by atoms with Gasteiger partial charge in [0, 0.05) is 6.04 Å². The highest BCUT2D eigenvalue weighted by Gasteiger charge is 2.16. The second kappa shape index (κ2) is 5.49. The zero-order valence-corrected chi connectivity index (χ0v) is 11.3. The lowest BCUT2D eigenvalue weighted by Crippen LogP contribution is -2.13. The Morgan fingerprint density at radius 3 is 2.83 bits per heavy atom. The van der Waals surface area contributed by atoms with Crippen LogP contribution in [0.5, 0.6) is 0 Å². The quantitative estimate of drug-likeness (QED) is 0.893. The van der Waals surface area contributed by atoms with Crippen LogP contribution in [0.25, 0.3) is 0 Å². The zero-order chi connectivity index (χ0) is 13.1. The minimum atomic E-state index is -0.248. The Morgan fingerprint density at radius 1 is 1.44 bits per heavy atom. The van der Waals surface area contributed by atoms with E-state index in [4.69, 9.17) is 0 Å². The lowest BCUT2D eigenvalue weighted by Gasteiger charge is -2.15. The normalized spacial score (nSPS) is 12.7. The first-order chi connectivity index (χ1) is 8.61. The Kier molecular flexibility index (Phi) is 3.98. The molecule has 0 aliphatic rings. The monoisotopic (exact) mass is 266 g/mol. The van der Waals surface area contributed by atoms with E-state index in [1.54, 1.807) is 6.07 Å². The summed E-state index contributed by atoms with van der Waals surface area (Å²) in [4.78, 5) is 4.75. The topological polar surface area (TPSA) is 53.6 Å². The van der Waals surface area contributed by atoms with Crippen molar-refractivity contribution in [2.24, 2.45) is 0 Å². The van der Waals surface area contributed by atoms with Gasteiger partial charge in [0.1, 0.15) is 11.6 Å². The highest BCUT2D eigenvalue weighted by molar-refractivity contribution is 7.99. The number of aromatic nitrogens is 3. The fourth-order valence-corrected chi connectivity index (χ4v) is 2.57. The van der Waals surface area contributed by atoms with E-state index in [0.717, 1.165) is 11.4 Å². The average molecular weight is 266 g/mol. The van der Waals surface area contributed by atoms with E-state index in [9.17, 15) is 4.39 Å². The van der Waals surface area contributed by atoms with Gasteiger partial charge in [-0.15, -0.1) is 5.10 Å².